The molecule has 138 valence electrons. The fraction of sp³-hybridized carbons (Fsp3) is 0.722. The summed E-state index contributed by atoms with van der Waals surface area (Å²) in [6, 6.07) is 0.596. The van der Waals surface area contributed by atoms with Crippen LogP contribution in [0, 0.1) is 0 Å². The predicted octanol–water partition coefficient (Wildman–Crippen LogP) is 0.854. The van der Waals surface area contributed by atoms with Gasteiger partial charge in [0, 0.05) is 58.0 Å². The van der Waals surface area contributed by atoms with Crippen LogP contribution in [0.5, 0.6) is 0 Å². The largest absolute Gasteiger partial charge is 0.340 e. The van der Waals surface area contributed by atoms with E-state index in [1.165, 1.54) is 0 Å². The highest BCUT2D eigenvalue weighted by Gasteiger charge is 2.39. The van der Waals surface area contributed by atoms with Crippen molar-refractivity contribution in [3.63, 3.8) is 0 Å². The average molecular weight is 347 g/mol. The van der Waals surface area contributed by atoms with Crippen LogP contribution in [0.1, 0.15) is 38.2 Å². The Morgan fingerprint density at radius 3 is 2.64 bits per heavy atom. The third-order valence-corrected chi connectivity index (χ3v) is 5.50. The fourth-order valence-electron chi connectivity index (χ4n) is 4.28. The van der Waals surface area contributed by atoms with Crippen LogP contribution >= 0.6 is 0 Å². The number of amides is 2. The number of hydrogen-bond donors (Lipinski definition) is 0. The topological polar surface area (TPSA) is 61.7 Å². The number of aryl methyl sites for hydroxylation is 1. The summed E-state index contributed by atoms with van der Waals surface area (Å²) in [6.45, 7) is 4.47. The third kappa shape index (κ3) is 4.03. The molecule has 0 aromatic carbocycles. The summed E-state index contributed by atoms with van der Waals surface area (Å²) in [5.74, 6) is 0.289. The molecular weight excluding hydrogens is 318 g/mol. The lowest BCUT2D eigenvalue weighted by molar-refractivity contribution is -0.133. The van der Waals surface area contributed by atoms with Crippen molar-refractivity contribution < 1.29 is 9.59 Å². The van der Waals surface area contributed by atoms with Crippen molar-refractivity contribution in [1.82, 2.24) is 24.5 Å². The van der Waals surface area contributed by atoms with Crippen molar-refractivity contribution in [2.24, 2.45) is 7.05 Å². The molecule has 2 atom stereocenters. The summed E-state index contributed by atoms with van der Waals surface area (Å²) in [4.78, 5) is 30.6. The van der Waals surface area contributed by atoms with Gasteiger partial charge in [-0.15, -0.1) is 0 Å². The number of nitrogens with zero attached hydrogens (tertiary/aromatic N) is 5. The molecule has 3 heterocycles. The van der Waals surface area contributed by atoms with Crippen LogP contribution in [0.25, 0.3) is 0 Å². The molecule has 2 aliphatic rings. The molecular formula is C18H29N5O2. The Hall–Kier alpha value is -1.89. The van der Waals surface area contributed by atoms with E-state index < -0.39 is 0 Å². The van der Waals surface area contributed by atoms with Gasteiger partial charge < -0.3 is 9.80 Å². The monoisotopic (exact) mass is 347 g/mol. The molecule has 1 aromatic heterocycles. The number of hydrogen-bond acceptors (Lipinski definition) is 4. The molecule has 0 bridgehead atoms. The lowest BCUT2D eigenvalue weighted by Crippen LogP contribution is -2.50. The number of likely N-dealkylation sites (tertiary alicyclic amines) is 2. The highest BCUT2D eigenvalue weighted by atomic mass is 16.2. The minimum atomic E-state index is 0.128. The second-order valence-corrected chi connectivity index (χ2v) is 7.37. The summed E-state index contributed by atoms with van der Waals surface area (Å²) in [7, 11) is 3.72. The Morgan fingerprint density at radius 2 is 1.96 bits per heavy atom. The number of carbonyl (C=O) groups is 2. The molecule has 25 heavy (non-hydrogen) atoms. The minimum absolute atomic E-state index is 0.128. The predicted molar refractivity (Wildman–Crippen MR) is 94.7 cm³/mol. The number of rotatable bonds is 5. The second kappa shape index (κ2) is 7.56. The maximum atomic E-state index is 12.7. The van der Waals surface area contributed by atoms with Crippen LogP contribution in [0.15, 0.2) is 12.4 Å². The van der Waals surface area contributed by atoms with Crippen molar-refractivity contribution in [3.05, 3.63) is 18.0 Å². The molecule has 0 aliphatic carbocycles. The van der Waals surface area contributed by atoms with Gasteiger partial charge in [-0.05, 0) is 32.2 Å². The van der Waals surface area contributed by atoms with E-state index in [-0.39, 0.29) is 17.9 Å². The molecule has 2 aliphatic heterocycles. The maximum Gasteiger partial charge on any atom is 0.236 e. The Kier molecular flexibility index (Phi) is 5.42. The van der Waals surface area contributed by atoms with Crippen LogP contribution in [-0.2, 0) is 23.2 Å². The van der Waals surface area contributed by atoms with E-state index in [0.717, 1.165) is 44.3 Å². The van der Waals surface area contributed by atoms with Gasteiger partial charge in [0.15, 0.2) is 0 Å². The first-order chi connectivity index (χ1) is 12.0. The van der Waals surface area contributed by atoms with Gasteiger partial charge in [-0.2, -0.15) is 5.10 Å². The first-order valence-corrected chi connectivity index (χ1v) is 9.18. The quantitative estimate of drug-likeness (QED) is 0.792. The molecule has 2 saturated heterocycles. The van der Waals surface area contributed by atoms with Crippen molar-refractivity contribution in [2.75, 3.05) is 26.7 Å². The SMILES string of the molecule is CC(=O)N1CCC[C@@H]1[C@H]1CCCN1CC(=O)N(C)Cc1cnn(C)c1. The van der Waals surface area contributed by atoms with E-state index >= 15 is 0 Å². The van der Waals surface area contributed by atoms with E-state index in [4.69, 9.17) is 0 Å². The normalized spacial score (nSPS) is 24.0. The molecule has 1 aromatic rings. The maximum absolute atomic E-state index is 12.7. The van der Waals surface area contributed by atoms with Crippen LogP contribution in [0.2, 0.25) is 0 Å². The molecule has 0 radical (unpaired) electrons. The highest BCUT2D eigenvalue weighted by Crippen LogP contribution is 2.30. The smallest absolute Gasteiger partial charge is 0.236 e. The van der Waals surface area contributed by atoms with Gasteiger partial charge in [-0.1, -0.05) is 0 Å². The molecule has 0 N–H and O–H groups in total. The van der Waals surface area contributed by atoms with Gasteiger partial charge in [-0.25, -0.2) is 0 Å². The first-order valence-electron chi connectivity index (χ1n) is 9.18. The lowest BCUT2D eigenvalue weighted by Gasteiger charge is -2.35. The van der Waals surface area contributed by atoms with Crippen molar-refractivity contribution in [1.29, 1.82) is 0 Å². The molecule has 7 nitrogen and oxygen atoms in total. The van der Waals surface area contributed by atoms with Crippen molar-refractivity contribution >= 4 is 11.8 Å². The third-order valence-electron chi connectivity index (χ3n) is 5.50. The molecule has 2 amide bonds. The summed E-state index contributed by atoms with van der Waals surface area (Å²) < 4.78 is 1.75. The zero-order valence-corrected chi connectivity index (χ0v) is 15.5. The Labute approximate surface area is 149 Å². The van der Waals surface area contributed by atoms with E-state index in [0.29, 0.717) is 19.1 Å². The van der Waals surface area contributed by atoms with Gasteiger partial charge in [0.1, 0.15) is 0 Å². The fourth-order valence-corrected chi connectivity index (χ4v) is 4.28. The number of likely N-dealkylation sites (N-methyl/N-ethyl adjacent to an activating group) is 1. The Morgan fingerprint density at radius 1 is 1.24 bits per heavy atom. The van der Waals surface area contributed by atoms with Gasteiger partial charge in [0.2, 0.25) is 11.8 Å². The number of carbonyl (C=O) groups excluding carboxylic acids is 2. The Bertz CT molecular complexity index is 629. The zero-order chi connectivity index (χ0) is 18.0. The lowest BCUT2D eigenvalue weighted by atomic mass is 10.0. The van der Waals surface area contributed by atoms with E-state index in [1.807, 2.05) is 25.2 Å². The van der Waals surface area contributed by atoms with E-state index in [1.54, 1.807) is 22.7 Å². The minimum Gasteiger partial charge on any atom is -0.340 e. The molecule has 3 rings (SSSR count). The highest BCUT2D eigenvalue weighted by molar-refractivity contribution is 5.78. The van der Waals surface area contributed by atoms with Gasteiger partial charge in [0.05, 0.1) is 12.7 Å². The summed E-state index contributed by atoms with van der Waals surface area (Å²) >= 11 is 0. The van der Waals surface area contributed by atoms with Gasteiger partial charge in [-0.3, -0.25) is 19.2 Å². The average Bonchev–Trinajstić information content (AvgIpc) is 3.27. The molecule has 7 heteroatoms. The summed E-state index contributed by atoms with van der Waals surface area (Å²) in [5, 5.41) is 4.15. The molecule has 0 unspecified atom stereocenters. The van der Waals surface area contributed by atoms with Crippen LogP contribution in [0.4, 0.5) is 0 Å². The van der Waals surface area contributed by atoms with Gasteiger partial charge in [0.25, 0.3) is 0 Å². The summed E-state index contributed by atoms with van der Waals surface area (Å²) in [6.07, 6.45) is 8.04. The standard InChI is InChI=1S/C18H29N5O2/c1-14(24)23-9-5-7-17(23)16-6-4-8-22(16)13-18(25)20(2)11-15-10-19-21(3)12-15/h10,12,16-17H,4-9,11,13H2,1-3H3/t16-,17-/m1/s1. The molecule has 2 fully saturated rings. The van der Waals surface area contributed by atoms with Crippen LogP contribution < -0.4 is 0 Å². The second-order valence-electron chi connectivity index (χ2n) is 7.37. The first kappa shape index (κ1) is 17.9. The van der Waals surface area contributed by atoms with Crippen molar-refractivity contribution in [2.45, 2.75) is 51.2 Å². The van der Waals surface area contributed by atoms with Crippen LogP contribution in [0.3, 0.4) is 0 Å². The molecule has 0 spiro atoms. The van der Waals surface area contributed by atoms with Crippen LogP contribution in [-0.4, -0.2) is 75.1 Å². The van der Waals surface area contributed by atoms with E-state index in [9.17, 15) is 9.59 Å². The Balaban J connectivity index is 1.59. The van der Waals surface area contributed by atoms with Crippen molar-refractivity contribution in [3.8, 4) is 0 Å². The number of aromatic nitrogens is 2. The molecule has 0 saturated carbocycles. The van der Waals surface area contributed by atoms with Gasteiger partial charge >= 0.3 is 0 Å². The zero-order valence-electron chi connectivity index (χ0n) is 15.5. The van der Waals surface area contributed by atoms with E-state index in [2.05, 4.69) is 10.00 Å². The summed E-state index contributed by atoms with van der Waals surface area (Å²) in [5.41, 5.74) is 1.04.